The van der Waals surface area contributed by atoms with E-state index in [4.69, 9.17) is 4.42 Å². The van der Waals surface area contributed by atoms with E-state index in [2.05, 4.69) is 16.0 Å². The van der Waals surface area contributed by atoms with Crippen LogP contribution >= 0.6 is 11.3 Å². The van der Waals surface area contributed by atoms with Gasteiger partial charge in [-0.3, -0.25) is 19.8 Å². The molecule has 0 aromatic carbocycles. The van der Waals surface area contributed by atoms with E-state index in [-0.39, 0.29) is 18.5 Å². The van der Waals surface area contributed by atoms with E-state index in [0.717, 1.165) is 11.3 Å². The number of urea groups is 1. The third-order valence-corrected chi connectivity index (χ3v) is 5.16. The Hall–Kier alpha value is -2.65. The number of rotatable bonds is 7. The molecule has 2 aromatic heterocycles. The SMILES string of the molecule is O=C(CN1CCC[C@H]1C(=O)NCc1ccco1)NC(=O)NCc1cccs1. The van der Waals surface area contributed by atoms with Crippen molar-refractivity contribution in [3.8, 4) is 0 Å². The number of carbonyl (C=O) groups is 3. The van der Waals surface area contributed by atoms with Gasteiger partial charge in [0.1, 0.15) is 5.76 Å². The van der Waals surface area contributed by atoms with Crippen molar-refractivity contribution in [2.24, 2.45) is 0 Å². The summed E-state index contributed by atoms with van der Waals surface area (Å²) >= 11 is 1.53. The molecule has 1 saturated heterocycles. The van der Waals surface area contributed by atoms with Gasteiger partial charge in [-0.15, -0.1) is 11.3 Å². The third-order valence-electron chi connectivity index (χ3n) is 4.29. The zero-order chi connectivity index (χ0) is 19.1. The molecule has 144 valence electrons. The molecular formula is C18H22N4O4S. The minimum Gasteiger partial charge on any atom is -0.467 e. The van der Waals surface area contributed by atoms with Gasteiger partial charge >= 0.3 is 6.03 Å². The Morgan fingerprint density at radius 2 is 2.07 bits per heavy atom. The molecule has 3 heterocycles. The molecule has 1 aliphatic rings. The third kappa shape index (κ3) is 5.66. The van der Waals surface area contributed by atoms with Crippen molar-refractivity contribution in [2.75, 3.05) is 13.1 Å². The molecule has 0 radical (unpaired) electrons. The molecule has 1 fully saturated rings. The zero-order valence-electron chi connectivity index (χ0n) is 14.8. The number of thiophene rings is 1. The minimum absolute atomic E-state index is 0.00522. The van der Waals surface area contributed by atoms with Crippen molar-refractivity contribution >= 4 is 29.2 Å². The summed E-state index contributed by atoms with van der Waals surface area (Å²) in [6.07, 6.45) is 3.07. The van der Waals surface area contributed by atoms with Gasteiger partial charge < -0.3 is 15.1 Å². The summed E-state index contributed by atoms with van der Waals surface area (Å²) in [5, 5.41) is 9.70. The number of hydrogen-bond donors (Lipinski definition) is 3. The standard InChI is InChI=1S/C18H22N4O4S/c23-16(21-18(25)20-11-14-5-3-9-27-14)12-22-7-1-6-15(22)17(24)19-10-13-4-2-8-26-13/h2-5,8-9,15H,1,6-7,10-12H2,(H,19,24)(H2,20,21,23,25)/t15-/m0/s1. The van der Waals surface area contributed by atoms with E-state index in [1.165, 1.54) is 11.3 Å². The van der Waals surface area contributed by atoms with Crippen molar-refractivity contribution in [3.05, 3.63) is 46.5 Å². The summed E-state index contributed by atoms with van der Waals surface area (Å²) in [6, 6.07) is 6.44. The Balaban J connectivity index is 1.41. The lowest BCUT2D eigenvalue weighted by molar-refractivity contribution is -0.127. The second-order valence-corrected chi connectivity index (χ2v) is 7.27. The Morgan fingerprint density at radius 1 is 1.19 bits per heavy atom. The maximum absolute atomic E-state index is 12.4. The van der Waals surface area contributed by atoms with Gasteiger partial charge in [0.25, 0.3) is 0 Å². The van der Waals surface area contributed by atoms with E-state index in [0.29, 0.717) is 31.8 Å². The largest absolute Gasteiger partial charge is 0.467 e. The van der Waals surface area contributed by atoms with E-state index in [9.17, 15) is 14.4 Å². The molecule has 0 aliphatic carbocycles. The highest BCUT2D eigenvalue weighted by Crippen LogP contribution is 2.17. The van der Waals surface area contributed by atoms with Gasteiger partial charge in [0.2, 0.25) is 11.8 Å². The quantitative estimate of drug-likeness (QED) is 0.664. The van der Waals surface area contributed by atoms with Gasteiger partial charge in [-0.25, -0.2) is 4.79 Å². The topological polar surface area (TPSA) is 104 Å². The first-order chi connectivity index (χ1) is 13.1. The van der Waals surface area contributed by atoms with Crippen LogP contribution < -0.4 is 16.0 Å². The Bertz CT molecular complexity index is 760. The van der Waals surface area contributed by atoms with Crippen LogP contribution in [0.15, 0.2) is 40.3 Å². The van der Waals surface area contributed by atoms with Crippen molar-refractivity contribution < 1.29 is 18.8 Å². The molecule has 3 N–H and O–H groups in total. The first-order valence-corrected chi connectivity index (χ1v) is 9.64. The van der Waals surface area contributed by atoms with Crippen LogP contribution in [0.4, 0.5) is 4.79 Å². The molecule has 0 saturated carbocycles. The number of carbonyl (C=O) groups excluding carboxylic acids is 3. The normalized spacial score (nSPS) is 16.8. The minimum atomic E-state index is -0.536. The molecular weight excluding hydrogens is 368 g/mol. The first kappa shape index (κ1) is 19.1. The van der Waals surface area contributed by atoms with Crippen molar-refractivity contribution in [2.45, 2.75) is 32.0 Å². The fourth-order valence-corrected chi connectivity index (χ4v) is 3.64. The molecule has 0 unspecified atom stereocenters. The average molecular weight is 390 g/mol. The van der Waals surface area contributed by atoms with Crippen LogP contribution in [0.25, 0.3) is 0 Å². The lowest BCUT2D eigenvalue weighted by Crippen LogP contribution is -2.49. The molecule has 8 nitrogen and oxygen atoms in total. The summed E-state index contributed by atoms with van der Waals surface area (Å²) in [4.78, 5) is 39.1. The van der Waals surface area contributed by atoms with Gasteiger partial charge in [-0.1, -0.05) is 6.07 Å². The highest BCUT2D eigenvalue weighted by Gasteiger charge is 2.32. The van der Waals surface area contributed by atoms with Crippen LogP contribution in [-0.4, -0.2) is 41.9 Å². The van der Waals surface area contributed by atoms with Crippen molar-refractivity contribution in [1.29, 1.82) is 0 Å². The first-order valence-electron chi connectivity index (χ1n) is 8.76. The second-order valence-electron chi connectivity index (χ2n) is 6.24. The Kier molecular flexibility index (Phi) is 6.61. The Morgan fingerprint density at radius 3 is 2.81 bits per heavy atom. The van der Waals surface area contributed by atoms with E-state index < -0.39 is 11.9 Å². The number of nitrogens with zero attached hydrogens (tertiary/aromatic N) is 1. The number of nitrogens with one attached hydrogen (secondary N) is 3. The van der Waals surface area contributed by atoms with Crippen molar-refractivity contribution in [1.82, 2.24) is 20.9 Å². The smallest absolute Gasteiger partial charge is 0.321 e. The maximum atomic E-state index is 12.4. The number of amides is 4. The van der Waals surface area contributed by atoms with E-state index in [1.54, 1.807) is 23.3 Å². The molecule has 0 spiro atoms. The fourth-order valence-electron chi connectivity index (χ4n) is 2.99. The summed E-state index contributed by atoms with van der Waals surface area (Å²) < 4.78 is 5.20. The lowest BCUT2D eigenvalue weighted by Gasteiger charge is -2.22. The summed E-state index contributed by atoms with van der Waals surface area (Å²) in [5.41, 5.74) is 0. The van der Waals surface area contributed by atoms with Gasteiger partial charge in [-0.05, 0) is 43.0 Å². The second kappa shape index (κ2) is 9.33. The number of hydrogen-bond acceptors (Lipinski definition) is 6. The molecule has 2 aromatic rings. The average Bonchev–Trinajstić information content (AvgIpc) is 3.39. The summed E-state index contributed by atoms with van der Waals surface area (Å²) in [7, 11) is 0. The molecule has 27 heavy (non-hydrogen) atoms. The predicted octanol–water partition coefficient (Wildman–Crippen LogP) is 1.45. The van der Waals surface area contributed by atoms with E-state index >= 15 is 0 Å². The van der Waals surface area contributed by atoms with Crippen LogP contribution in [0.1, 0.15) is 23.5 Å². The number of imide groups is 1. The maximum Gasteiger partial charge on any atom is 0.321 e. The fraction of sp³-hybridized carbons (Fsp3) is 0.389. The van der Waals surface area contributed by atoms with Crippen LogP contribution in [0, 0.1) is 0 Å². The lowest BCUT2D eigenvalue weighted by atomic mass is 10.2. The van der Waals surface area contributed by atoms with Crippen LogP contribution in [-0.2, 0) is 22.7 Å². The van der Waals surface area contributed by atoms with Gasteiger partial charge in [-0.2, -0.15) is 0 Å². The molecule has 1 aliphatic heterocycles. The van der Waals surface area contributed by atoms with Gasteiger partial charge in [0.05, 0.1) is 31.9 Å². The molecule has 0 bridgehead atoms. The van der Waals surface area contributed by atoms with E-state index in [1.807, 2.05) is 17.5 Å². The Labute approximate surface area is 160 Å². The molecule has 3 rings (SSSR count). The van der Waals surface area contributed by atoms with Gasteiger partial charge in [0, 0.05) is 4.88 Å². The van der Waals surface area contributed by atoms with Crippen LogP contribution in [0.5, 0.6) is 0 Å². The number of furan rings is 1. The van der Waals surface area contributed by atoms with Crippen LogP contribution in [0.2, 0.25) is 0 Å². The van der Waals surface area contributed by atoms with Gasteiger partial charge in [0.15, 0.2) is 0 Å². The summed E-state index contributed by atoms with van der Waals surface area (Å²) in [6.45, 7) is 1.33. The predicted molar refractivity (Wildman–Crippen MR) is 99.8 cm³/mol. The molecule has 1 atom stereocenters. The zero-order valence-corrected chi connectivity index (χ0v) is 15.6. The molecule has 4 amide bonds. The summed E-state index contributed by atoms with van der Waals surface area (Å²) in [5.74, 6) is 0.108. The van der Waals surface area contributed by atoms with Crippen molar-refractivity contribution in [3.63, 3.8) is 0 Å². The highest BCUT2D eigenvalue weighted by molar-refractivity contribution is 7.09. The molecule has 9 heteroatoms. The monoisotopic (exact) mass is 390 g/mol. The highest BCUT2D eigenvalue weighted by atomic mass is 32.1. The number of likely N-dealkylation sites (tertiary alicyclic amines) is 1. The van der Waals surface area contributed by atoms with Crippen LogP contribution in [0.3, 0.4) is 0 Å².